The van der Waals surface area contributed by atoms with Gasteiger partial charge in [-0.15, -0.1) is 0 Å². The zero-order chi connectivity index (χ0) is 12.4. The second-order valence-electron chi connectivity index (χ2n) is 5.21. The van der Waals surface area contributed by atoms with Crippen LogP contribution in [0.1, 0.15) is 12.8 Å². The summed E-state index contributed by atoms with van der Waals surface area (Å²) in [5.41, 5.74) is 5.79. The summed E-state index contributed by atoms with van der Waals surface area (Å²) >= 11 is 0. The molecule has 5 nitrogen and oxygen atoms in total. The Balaban J connectivity index is 1.55. The maximum atomic E-state index is 5.79. The van der Waals surface area contributed by atoms with Crippen LogP contribution in [0.15, 0.2) is 18.5 Å². The van der Waals surface area contributed by atoms with Crippen LogP contribution in [0, 0.1) is 5.92 Å². The van der Waals surface area contributed by atoms with Gasteiger partial charge in [0.1, 0.15) is 0 Å². The number of nitrogens with zero attached hydrogens (tertiary/aromatic N) is 4. The van der Waals surface area contributed by atoms with Gasteiger partial charge in [0.2, 0.25) is 5.95 Å². The fraction of sp³-hybridized carbons (Fsp3) is 0.692. The molecular formula is C13H21N5. The molecule has 98 valence electrons. The van der Waals surface area contributed by atoms with Crippen LogP contribution in [0.2, 0.25) is 0 Å². The normalized spacial score (nSPS) is 29.1. The molecular weight excluding hydrogens is 226 g/mol. The van der Waals surface area contributed by atoms with Gasteiger partial charge in [-0.25, -0.2) is 9.97 Å². The van der Waals surface area contributed by atoms with Crippen molar-refractivity contribution in [2.45, 2.75) is 18.9 Å². The highest BCUT2D eigenvalue weighted by atomic mass is 15.3. The summed E-state index contributed by atoms with van der Waals surface area (Å²) in [5, 5.41) is 0. The number of hydrogen-bond acceptors (Lipinski definition) is 5. The van der Waals surface area contributed by atoms with Crippen molar-refractivity contribution in [3.63, 3.8) is 0 Å². The molecule has 1 aromatic heterocycles. The lowest BCUT2D eigenvalue weighted by Crippen LogP contribution is -2.57. The molecule has 2 atom stereocenters. The van der Waals surface area contributed by atoms with Gasteiger partial charge >= 0.3 is 0 Å². The second kappa shape index (κ2) is 5.20. The summed E-state index contributed by atoms with van der Waals surface area (Å²) < 4.78 is 0. The maximum Gasteiger partial charge on any atom is 0.225 e. The predicted molar refractivity (Wildman–Crippen MR) is 71.4 cm³/mol. The summed E-state index contributed by atoms with van der Waals surface area (Å²) in [5.74, 6) is 1.59. The summed E-state index contributed by atoms with van der Waals surface area (Å²) in [7, 11) is 0. The van der Waals surface area contributed by atoms with E-state index in [1.54, 1.807) is 0 Å². The van der Waals surface area contributed by atoms with E-state index in [2.05, 4.69) is 19.8 Å². The van der Waals surface area contributed by atoms with Crippen molar-refractivity contribution in [3.8, 4) is 0 Å². The molecule has 0 spiro atoms. The Morgan fingerprint density at radius 1 is 1.11 bits per heavy atom. The lowest BCUT2D eigenvalue weighted by Gasteiger charge is -2.47. The minimum atomic E-state index is 0.726. The summed E-state index contributed by atoms with van der Waals surface area (Å²) in [6.45, 7) is 5.11. The van der Waals surface area contributed by atoms with Crippen molar-refractivity contribution < 1.29 is 0 Å². The standard InChI is InChI=1S/C13H21N5/c14-10-11-2-3-12(11)17-6-8-18(9-7-17)13-15-4-1-5-16-13/h1,4-5,11-12H,2-3,6-10,14H2. The number of hydrogen-bond donors (Lipinski definition) is 1. The van der Waals surface area contributed by atoms with Gasteiger partial charge in [0.15, 0.2) is 0 Å². The largest absolute Gasteiger partial charge is 0.338 e. The van der Waals surface area contributed by atoms with E-state index in [1.165, 1.54) is 12.8 Å². The molecule has 1 aliphatic carbocycles. The Morgan fingerprint density at radius 2 is 1.83 bits per heavy atom. The quantitative estimate of drug-likeness (QED) is 0.834. The molecule has 0 bridgehead atoms. The Labute approximate surface area is 108 Å². The summed E-state index contributed by atoms with van der Waals surface area (Å²) in [6, 6.07) is 2.59. The van der Waals surface area contributed by atoms with Crippen LogP contribution in [0.3, 0.4) is 0 Å². The smallest absolute Gasteiger partial charge is 0.225 e. The molecule has 1 aliphatic heterocycles. The molecule has 2 heterocycles. The molecule has 2 unspecified atom stereocenters. The number of anilines is 1. The Hall–Kier alpha value is -1.20. The van der Waals surface area contributed by atoms with Gasteiger partial charge in [0.05, 0.1) is 0 Å². The molecule has 1 aromatic rings. The van der Waals surface area contributed by atoms with Crippen molar-refractivity contribution >= 4 is 5.95 Å². The SMILES string of the molecule is NCC1CCC1N1CCN(c2ncccn2)CC1. The Bertz CT molecular complexity index is 372. The highest BCUT2D eigenvalue weighted by Gasteiger charge is 2.35. The average Bonchev–Trinajstić information content (AvgIpc) is 2.40. The van der Waals surface area contributed by atoms with Crippen molar-refractivity contribution in [2.24, 2.45) is 11.7 Å². The van der Waals surface area contributed by atoms with Gasteiger partial charge in [-0.2, -0.15) is 0 Å². The van der Waals surface area contributed by atoms with Crippen LogP contribution in [-0.2, 0) is 0 Å². The highest BCUT2D eigenvalue weighted by molar-refractivity contribution is 5.29. The Kier molecular flexibility index (Phi) is 3.43. The van der Waals surface area contributed by atoms with Gasteiger partial charge in [0.25, 0.3) is 0 Å². The molecule has 5 heteroatoms. The monoisotopic (exact) mass is 247 g/mol. The topological polar surface area (TPSA) is 58.3 Å². The molecule has 0 radical (unpaired) electrons. The van der Waals surface area contributed by atoms with Gasteiger partial charge in [0, 0.05) is 44.6 Å². The van der Waals surface area contributed by atoms with Crippen LogP contribution in [0.5, 0.6) is 0 Å². The number of piperazine rings is 1. The number of nitrogens with two attached hydrogens (primary N) is 1. The zero-order valence-electron chi connectivity index (χ0n) is 10.7. The average molecular weight is 247 g/mol. The highest BCUT2D eigenvalue weighted by Crippen LogP contribution is 2.31. The second-order valence-corrected chi connectivity index (χ2v) is 5.21. The third-order valence-electron chi connectivity index (χ3n) is 4.30. The number of aromatic nitrogens is 2. The van der Waals surface area contributed by atoms with E-state index in [0.717, 1.165) is 50.6 Å². The predicted octanol–water partition coefficient (Wildman–Crippen LogP) is 0.336. The van der Waals surface area contributed by atoms with Crippen molar-refractivity contribution in [1.29, 1.82) is 0 Å². The van der Waals surface area contributed by atoms with Crippen LogP contribution < -0.4 is 10.6 Å². The molecule has 0 aromatic carbocycles. The first-order valence-electron chi connectivity index (χ1n) is 6.84. The summed E-state index contributed by atoms with van der Waals surface area (Å²) in [6.07, 6.45) is 6.25. The van der Waals surface area contributed by atoms with Crippen molar-refractivity contribution in [3.05, 3.63) is 18.5 Å². The molecule has 3 rings (SSSR count). The van der Waals surface area contributed by atoms with Gasteiger partial charge < -0.3 is 10.6 Å². The lowest BCUT2D eigenvalue weighted by molar-refractivity contribution is 0.0617. The van der Waals surface area contributed by atoms with E-state index in [0.29, 0.717) is 0 Å². The maximum absolute atomic E-state index is 5.79. The minimum absolute atomic E-state index is 0.726. The Morgan fingerprint density at radius 3 is 2.39 bits per heavy atom. The van der Waals surface area contributed by atoms with Crippen LogP contribution in [0.25, 0.3) is 0 Å². The van der Waals surface area contributed by atoms with Crippen molar-refractivity contribution in [1.82, 2.24) is 14.9 Å². The molecule has 2 aliphatic rings. The third kappa shape index (κ3) is 2.20. The van der Waals surface area contributed by atoms with Crippen LogP contribution >= 0.6 is 0 Å². The molecule has 2 fully saturated rings. The summed E-state index contributed by atoms with van der Waals surface area (Å²) in [4.78, 5) is 13.5. The molecule has 18 heavy (non-hydrogen) atoms. The van der Waals surface area contributed by atoms with E-state index in [4.69, 9.17) is 5.73 Å². The van der Waals surface area contributed by atoms with E-state index in [-0.39, 0.29) is 0 Å². The van der Waals surface area contributed by atoms with E-state index < -0.39 is 0 Å². The van der Waals surface area contributed by atoms with Crippen LogP contribution in [-0.4, -0.2) is 53.6 Å². The van der Waals surface area contributed by atoms with Gasteiger partial charge in [-0.3, -0.25) is 4.90 Å². The van der Waals surface area contributed by atoms with E-state index >= 15 is 0 Å². The fourth-order valence-electron chi connectivity index (χ4n) is 3.02. The minimum Gasteiger partial charge on any atom is -0.338 e. The molecule has 1 saturated carbocycles. The first-order valence-corrected chi connectivity index (χ1v) is 6.84. The molecule has 0 amide bonds. The van der Waals surface area contributed by atoms with Crippen molar-refractivity contribution in [2.75, 3.05) is 37.6 Å². The number of rotatable bonds is 3. The van der Waals surface area contributed by atoms with Gasteiger partial charge in [-0.05, 0) is 31.4 Å². The van der Waals surface area contributed by atoms with E-state index in [9.17, 15) is 0 Å². The zero-order valence-corrected chi connectivity index (χ0v) is 10.7. The third-order valence-corrected chi connectivity index (χ3v) is 4.30. The first-order chi connectivity index (χ1) is 8.88. The molecule has 2 N–H and O–H groups in total. The first kappa shape index (κ1) is 11.9. The lowest BCUT2D eigenvalue weighted by atomic mass is 9.78. The molecule has 1 saturated heterocycles. The fourth-order valence-corrected chi connectivity index (χ4v) is 3.02. The van der Waals surface area contributed by atoms with E-state index in [1.807, 2.05) is 18.5 Å². The van der Waals surface area contributed by atoms with Crippen LogP contribution in [0.4, 0.5) is 5.95 Å². The van der Waals surface area contributed by atoms with Gasteiger partial charge in [-0.1, -0.05) is 0 Å².